The van der Waals surface area contributed by atoms with Gasteiger partial charge in [-0.25, -0.2) is 9.59 Å². The Kier molecular flexibility index (Phi) is 5.46. The highest BCUT2D eigenvalue weighted by molar-refractivity contribution is 6.00. The first-order valence-corrected chi connectivity index (χ1v) is 7.18. The van der Waals surface area contributed by atoms with E-state index >= 15 is 0 Å². The molecule has 3 amide bonds. The third-order valence-electron chi connectivity index (χ3n) is 3.52. The lowest BCUT2D eigenvalue weighted by Crippen LogP contribution is -2.38. The van der Waals surface area contributed by atoms with Gasteiger partial charge in [-0.3, -0.25) is 9.69 Å². The van der Waals surface area contributed by atoms with Crippen LogP contribution in [0.5, 0.6) is 11.5 Å². The molecule has 1 aromatic carbocycles. The number of rotatable bonds is 6. The van der Waals surface area contributed by atoms with Gasteiger partial charge in [0.1, 0.15) is 0 Å². The zero-order valence-corrected chi connectivity index (χ0v) is 13.7. The number of hydrogen-bond acceptors (Lipinski definition) is 7. The second-order valence-corrected chi connectivity index (χ2v) is 4.88. The number of urea groups is 1. The molecule has 2 N–H and O–H groups in total. The van der Waals surface area contributed by atoms with Gasteiger partial charge in [0.25, 0.3) is 0 Å². The molecule has 0 aromatic heterocycles. The number of amides is 3. The van der Waals surface area contributed by atoms with Gasteiger partial charge in [-0.1, -0.05) is 0 Å². The molecule has 0 unspecified atom stereocenters. The summed E-state index contributed by atoms with van der Waals surface area (Å²) < 4.78 is 15.1. The first kappa shape index (κ1) is 17.4. The van der Waals surface area contributed by atoms with Crippen LogP contribution in [0.1, 0.15) is 10.4 Å². The molecule has 0 radical (unpaired) electrons. The van der Waals surface area contributed by atoms with E-state index in [2.05, 4.69) is 10.6 Å². The summed E-state index contributed by atoms with van der Waals surface area (Å²) in [5.41, 5.74) is 0.529. The molecule has 1 aromatic rings. The lowest BCUT2D eigenvalue weighted by atomic mass is 10.1. The highest BCUT2D eigenvalue weighted by Gasteiger charge is 2.26. The first-order valence-electron chi connectivity index (χ1n) is 7.18. The van der Waals surface area contributed by atoms with Crippen molar-refractivity contribution in [2.75, 3.05) is 46.3 Å². The average Bonchev–Trinajstić information content (AvgIpc) is 3.04. The van der Waals surface area contributed by atoms with E-state index in [1.54, 1.807) is 0 Å². The van der Waals surface area contributed by atoms with Crippen molar-refractivity contribution in [1.82, 2.24) is 10.2 Å². The standard InChI is InChI=1S/C15H19N3O6/c1-22-11-6-9(14(20)24-3)10(7-12(11)23-2)17-8-13(19)18-5-4-16-15(18)21/h6-7,17H,4-5,8H2,1-3H3,(H,16,21). The highest BCUT2D eigenvalue weighted by atomic mass is 16.5. The summed E-state index contributed by atoms with van der Waals surface area (Å²) in [6.07, 6.45) is 0. The molecule has 0 saturated carbocycles. The van der Waals surface area contributed by atoms with Crippen LogP contribution in [-0.2, 0) is 9.53 Å². The molecule has 0 aliphatic carbocycles. The van der Waals surface area contributed by atoms with E-state index in [1.165, 1.54) is 33.5 Å². The third kappa shape index (κ3) is 3.50. The second-order valence-electron chi connectivity index (χ2n) is 4.88. The molecule has 9 heteroatoms. The van der Waals surface area contributed by atoms with E-state index in [0.29, 0.717) is 30.3 Å². The lowest BCUT2D eigenvalue weighted by Gasteiger charge is -2.17. The first-order chi connectivity index (χ1) is 11.5. The quantitative estimate of drug-likeness (QED) is 0.726. The summed E-state index contributed by atoms with van der Waals surface area (Å²) >= 11 is 0. The minimum Gasteiger partial charge on any atom is -0.493 e. The van der Waals surface area contributed by atoms with E-state index in [0.717, 1.165) is 4.90 Å². The smallest absolute Gasteiger partial charge is 0.340 e. The topological polar surface area (TPSA) is 106 Å². The molecular formula is C15H19N3O6. The summed E-state index contributed by atoms with van der Waals surface area (Å²) in [6, 6.07) is 2.56. The van der Waals surface area contributed by atoms with E-state index in [9.17, 15) is 14.4 Å². The Morgan fingerprint density at radius 1 is 1.21 bits per heavy atom. The minimum atomic E-state index is -0.593. The summed E-state index contributed by atoms with van der Waals surface area (Å²) in [5, 5.41) is 5.39. The Labute approximate surface area is 138 Å². The van der Waals surface area contributed by atoms with Crippen LogP contribution in [0.4, 0.5) is 10.5 Å². The number of esters is 1. The van der Waals surface area contributed by atoms with Gasteiger partial charge in [-0.05, 0) is 0 Å². The van der Waals surface area contributed by atoms with Crippen LogP contribution in [0, 0.1) is 0 Å². The van der Waals surface area contributed by atoms with Crippen LogP contribution in [0.25, 0.3) is 0 Å². The molecule has 0 atom stereocenters. The molecule has 130 valence electrons. The Morgan fingerprint density at radius 3 is 2.42 bits per heavy atom. The van der Waals surface area contributed by atoms with Crippen molar-refractivity contribution in [2.24, 2.45) is 0 Å². The van der Waals surface area contributed by atoms with Gasteiger partial charge in [0, 0.05) is 25.2 Å². The van der Waals surface area contributed by atoms with Gasteiger partial charge >= 0.3 is 12.0 Å². The van der Waals surface area contributed by atoms with Crippen molar-refractivity contribution in [2.45, 2.75) is 0 Å². The van der Waals surface area contributed by atoms with Crippen LogP contribution in [0.3, 0.4) is 0 Å². The predicted molar refractivity (Wildman–Crippen MR) is 84.5 cm³/mol. The summed E-state index contributed by atoms with van der Waals surface area (Å²) in [7, 11) is 4.16. The third-order valence-corrected chi connectivity index (χ3v) is 3.52. The van der Waals surface area contributed by atoms with Gasteiger partial charge in [0.05, 0.1) is 39.1 Å². The summed E-state index contributed by atoms with van der Waals surface area (Å²) in [6.45, 7) is 0.580. The van der Waals surface area contributed by atoms with E-state index < -0.39 is 17.9 Å². The molecule has 1 aliphatic heterocycles. The molecule has 9 nitrogen and oxygen atoms in total. The zero-order chi connectivity index (χ0) is 17.7. The Balaban J connectivity index is 2.22. The zero-order valence-electron chi connectivity index (χ0n) is 13.7. The summed E-state index contributed by atoms with van der Waals surface area (Å²) in [4.78, 5) is 36.6. The van der Waals surface area contributed by atoms with Crippen LogP contribution >= 0.6 is 0 Å². The number of ether oxygens (including phenoxy) is 3. The Hall–Kier alpha value is -2.97. The van der Waals surface area contributed by atoms with E-state index in [-0.39, 0.29) is 12.1 Å². The largest absolute Gasteiger partial charge is 0.493 e. The highest BCUT2D eigenvalue weighted by Crippen LogP contribution is 2.33. The SMILES string of the molecule is COC(=O)c1cc(OC)c(OC)cc1NCC(=O)N1CCNC1=O. The van der Waals surface area contributed by atoms with Gasteiger partial charge in [-0.2, -0.15) is 0 Å². The van der Waals surface area contributed by atoms with Gasteiger partial charge in [-0.15, -0.1) is 0 Å². The number of anilines is 1. The Morgan fingerprint density at radius 2 is 1.88 bits per heavy atom. The van der Waals surface area contributed by atoms with Crippen molar-refractivity contribution in [3.8, 4) is 11.5 Å². The average molecular weight is 337 g/mol. The fourth-order valence-electron chi connectivity index (χ4n) is 2.28. The maximum Gasteiger partial charge on any atom is 0.340 e. The number of benzene rings is 1. The summed E-state index contributed by atoms with van der Waals surface area (Å²) in [5.74, 6) is -0.256. The molecule has 24 heavy (non-hydrogen) atoms. The van der Waals surface area contributed by atoms with Crippen molar-refractivity contribution in [3.05, 3.63) is 17.7 Å². The molecule has 0 spiro atoms. The van der Waals surface area contributed by atoms with Crippen LogP contribution in [0.2, 0.25) is 0 Å². The molecule has 1 saturated heterocycles. The van der Waals surface area contributed by atoms with Gasteiger partial charge < -0.3 is 24.8 Å². The fourth-order valence-corrected chi connectivity index (χ4v) is 2.28. The number of carbonyl (C=O) groups is 3. The van der Waals surface area contributed by atoms with Gasteiger partial charge in [0.15, 0.2) is 11.5 Å². The molecular weight excluding hydrogens is 318 g/mol. The Bertz CT molecular complexity index is 661. The number of nitrogens with one attached hydrogen (secondary N) is 2. The van der Waals surface area contributed by atoms with Crippen LogP contribution in [0.15, 0.2) is 12.1 Å². The monoisotopic (exact) mass is 337 g/mol. The number of hydrogen-bond donors (Lipinski definition) is 2. The molecule has 0 bridgehead atoms. The maximum atomic E-state index is 12.1. The van der Waals surface area contributed by atoms with E-state index in [4.69, 9.17) is 14.2 Å². The molecule has 1 aliphatic rings. The number of methoxy groups -OCH3 is 3. The minimum absolute atomic E-state index is 0.160. The van der Waals surface area contributed by atoms with Crippen molar-refractivity contribution >= 4 is 23.6 Å². The number of imide groups is 1. The van der Waals surface area contributed by atoms with Crippen molar-refractivity contribution in [1.29, 1.82) is 0 Å². The van der Waals surface area contributed by atoms with Crippen molar-refractivity contribution < 1.29 is 28.6 Å². The van der Waals surface area contributed by atoms with Crippen LogP contribution in [-0.4, -0.2) is 63.8 Å². The molecule has 1 heterocycles. The normalized spacial score (nSPS) is 13.3. The van der Waals surface area contributed by atoms with Crippen LogP contribution < -0.4 is 20.1 Å². The second kappa shape index (κ2) is 7.53. The lowest BCUT2D eigenvalue weighted by molar-refractivity contribution is -0.125. The van der Waals surface area contributed by atoms with Crippen molar-refractivity contribution in [3.63, 3.8) is 0 Å². The molecule has 1 fully saturated rings. The molecule has 2 rings (SSSR count). The fraction of sp³-hybridized carbons (Fsp3) is 0.400. The predicted octanol–water partition coefficient (Wildman–Crippen LogP) is 0.454. The maximum absolute atomic E-state index is 12.1. The number of nitrogens with zero attached hydrogens (tertiary/aromatic N) is 1. The van der Waals surface area contributed by atoms with E-state index in [1.807, 2.05) is 0 Å². The van der Waals surface area contributed by atoms with Gasteiger partial charge in [0.2, 0.25) is 5.91 Å². The number of carbonyl (C=O) groups excluding carboxylic acids is 3.